The molecule has 1 aromatic rings. The van der Waals surface area contributed by atoms with Crippen molar-refractivity contribution in [3.05, 3.63) is 22.3 Å². The number of hydrogen-bond acceptors (Lipinski definition) is 3. The topological polar surface area (TPSA) is 53.4 Å². The molecule has 0 bridgehead atoms. The van der Waals surface area contributed by atoms with Crippen LogP contribution in [0.25, 0.3) is 0 Å². The first kappa shape index (κ1) is 8.81. The molecule has 58 valence electrons. The van der Waals surface area contributed by atoms with Gasteiger partial charge in [0, 0.05) is 0 Å². The molecule has 0 spiro atoms. The molecular formula is C5H4BCl2NO2. The van der Waals surface area contributed by atoms with Gasteiger partial charge in [0.2, 0.25) is 0 Å². The van der Waals surface area contributed by atoms with Crippen molar-refractivity contribution in [2.45, 2.75) is 0 Å². The summed E-state index contributed by atoms with van der Waals surface area (Å²) in [5, 5.41) is 17.7. The monoisotopic (exact) mass is 191 g/mol. The third kappa shape index (κ3) is 2.07. The van der Waals surface area contributed by atoms with Crippen LogP contribution in [0.1, 0.15) is 0 Å². The Morgan fingerprint density at radius 1 is 1.27 bits per heavy atom. The summed E-state index contributed by atoms with van der Waals surface area (Å²) in [6.45, 7) is 0. The fraction of sp³-hybridized carbons (Fsp3) is 0. The van der Waals surface area contributed by atoms with Crippen LogP contribution in [-0.4, -0.2) is 22.2 Å². The highest BCUT2D eigenvalue weighted by molar-refractivity contribution is 6.61. The van der Waals surface area contributed by atoms with Gasteiger partial charge in [-0.2, -0.15) is 0 Å². The third-order valence-electron chi connectivity index (χ3n) is 1.08. The van der Waals surface area contributed by atoms with E-state index in [9.17, 15) is 0 Å². The summed E-state index contributed by atoms with van der Waals surface area (Å²) < 4.78 is 0. The zero-order valence-corrected chi connectivity index (χ0v) is 6.84. The van der Waals surface area contributed by atoms with Crippen molar-refractivity contribution >= 4 is 35.9 Å². The van der Waals surface area contributed by atoms with Crippen LogP contribution in [-0.2, 0) is 0 Å². The molecule has 0 aliphatic carbocycles. The largest absolute Gasteiger partial charge is 0.509 e. The molecule has 11 heavy (non-hydrogen) atoms. The average Bonchev–Trinajstić information content (AvgIpc) is 1.94. The molecule has 0 unspecified atom stereocenters. The Balaban J connectivity index is 3.13. The van der Waals surface area contributed by atoms with Gasteiger partial charge < -0.3 is 10.0 Å². The summed E-state index contributed by atoms with van der Waals surface area (Å²) in [6, 6.07) is 2.92. The Kier molecular flexibility index (Phi) is 2.73. The molecule has 0 saturated carbocycles. The molecule has 0 aliphatic rings. The van der Waals surface area contributed by atoms with Crippen LogP contribution < -0.4 is 5.59 Å². The summed E-state index contributed by atoms with van der Waals surface area (Å²) in [4.78, 5) is 3.61. The molecule has 0 radical (unpaired) electrons. The molecule has 3 nitrogen and oxygen atoms in total. The van der Waals surface area contributed by atoms with Gasteiger partial charge in [-0.1, -0.05) is 23.2 Å². The fourth-order valence-electron chi connectivity index (χ4n) is 0.614. The van der Waals surface area contributed by atoms with E-state index in [-0.39, 0.29) is 15.8 Å². The molecule has 2 N–H and O–H groups in total. The van der Waals surface area contributed by atoms with Gasteiger partial charge in [-0.3, -0.25) is 0 Å². The number of nitrogens with zero attached hydrogens (tertiary/aromatic N) is 1. The summed E-state index contributed by atoms with van der Waals surface area (Å²) in [5.41, 5.74) is -0.0285. The summed E-state index contributed by atoms with van der Waals surface area (Å²) in [7, 11) is -1.68. The van der Waals surface area contributed by atoms with E-state index in [1.165, 1.54) is 12.1 Å². The van der Waals surface area contributed by atoms with Crippen molar-refractivity contribution < 1.29 is 10.0 Å². The maximum atomic E-state index is 8.68. The Morgan fingerprint density at radius 3 is 2.36 bits per heavy atom. The number of hydrogen-bond donors (Lipinski definition) is 2. The Morgan fingerprint density at radius 2 is 1.91 bits per heavy atom. The van der Waals surface area contributed by atoms with E-state index in [4.69, 9.17) is 33.2 Å². The van der Waals surface area contributed by atoms with Crippen LogP contribution in [0.15, 0.2) is 12.1 Å². The van der Waals surface area contributed by atoms with E-state index in [2.05, 4.69) is 4.98 Å². The molecule has 0 fully saturated rings. The second-order valence-corrected chi connectivity index (χ2v) is 2.67. The van der Waals surface area contributed by atoms with Crippen molar-refractivity contribution in [3.8, 4) is 0 Å². The van der Waals surface area contributed by atoms with Gasteiger partial charge in [0.05, 0.1) is 10.6 Å². The average molecular weight is 192 g/mol. The highest BCUT2D eigenvalue weighted by Crippen LogP contribution is 2.08. The molecule has 6 heteroatoms. The van der Waals surface area contributed by atoms with Crippen molar-refractivity contribution in [2.75, 3.05) is 0 Å². The van der Waals surface area contributed by atoms with Crippen LogP contribution in [0.2, 0.25) is 10.2 Å². The van der Waals surface area contributed by atoms with E-state index >= 15 is 0 Å². The van der Waals surface area contributed by atoms with E-state index in [0.717, 1.165) is 0 Å². The van der Waals surface area contributed by atoms with Gasteiger partial charge in [0.25, 0.3) is 0 Å². The summed E-state index contributed by atoms with van der Waals surface area (Å²) in [5.74, 6) is 0. The van der Waals surface area contributed by atoms with Gasteiger partial charge in [-0.25, -0.2) is 4.98 Å². The number of halogens is 2. The van der Waals surface area contributed by atoms with Crippen LogP contribution in [0.4, 0.5) is 0 Å². The quantitative estimate of drug-likeness (QED) is 0.488. The first-order valence-corrected chi connectivity index (χ1v) is 3.55. The van der Waals surface area contributed by atoms with Gasteiger partial charge >= 0.3 is 7.12 Å². The molecule has 0 saturated heterocycles. The molecule has 0 aromatic carbocycles. The number of pyridine rings is 1. The first-order chi connectivity index (χ1) is 5.11. The van der Waals surface area contributed by atoms with E-state index in [1.54, 1.807) is 0 Å². The first-order valence-electron chi connectivity index (χ1n) is 2.79. The fourth-order valence-corrected chi connectivity index (χ4v) is 0.971. The second kappa shape index (κ2) is 3.41. The minimum Gasteiger partial charge on any atom is -0.422 e. The Labute approximate surface area is 73.7 Å². The maximum Gasteiger partial charge on any atom is 0.509 e. The number of rotatable bonds is 1. The van der Waals surface area contributed by atoms with Gasteiger partial charge in [-0.05, 0) is 12.1 Å². The maximum absolute atomic E-state index is 8.68. The molecule has 0 atom stereocenters. The second-order valence-electron chi connectivity index (χ2n) is 1.87. The van der Waals surface area contributed by atoms with Crippen LogP contribution in [0.5, 0.6) is 0 Å². The van der Waals surface area contributed by atoms with Crippen molar-refractivity contribution in [1.29, 1.82) is 0 Å². The molecule has 1 heterocycles. The van der Waals surface area contributed by atoms with Crippen LogP contribution in [0.3, 0.4) is 0 Å². The van der Waals surface area contributed by atoms with Gasteiger partial charge in [0.15, 0.2) is 0 Å². The van der Waals surface area contributed by atoms with Crippen LogP contribution >= 0.6 is 23.2 Å². The molecular weight excluding hydrogens is 188 g/mol. The Bertz CT molecular complexity index is 269. The van der Waals surface area contributed by atoms with Crippen molar-refractivity contribution in [1.82, 2.24) is 4.98 Å². The van der Waals surface area contributed by atoms with Gasteiger partial charge in [-0.15, -0.1) is 0 Å². The SMILES string of the molecule is OB(O)c1nc(Cl)ccc1Cl. The summed E-state index contributed by atoms with van der Waals surface area (Å²) in [6.07, 6.45) is 0. The standard InChI is InChI=1S/C5H4BCl2NO2/c7-3-1-2-4(8)9-5(3)6(10)11/h1-2,10-11H. The molecule has 1 aromatic heterocycles. The zero-order chi connectivity index (χ0) is 8.43. The van der Waals surface area contributed by atoms with Crippen LogP contribution in [0, 0.1) is 0 Å². The zero-order valence-electron chi connectivity index (χ0n) is 5.33. The minimum atomic E-state index is -1.68. The number of aromatic nitrogens is 1. The predicted molar refractivity (Wildman–Crippen MR) is 44.1 cm³/mol. The lowest BCUT2D eigenvalue weighted by atomic mass is 9.86. The van der Waals surface area contributed by atoms with E-state index in [0.29, 0.717) is 0 Å². The smallest absolute Gasteiger partial charge is 0.422 e. The minimum absolute atomic E-state index is 0.0285. The lowest BCUT2D eigenvalue weighted by Crippen LogP contribution is -2.33. The molecule has 0 amide bonds. The predicted octanol–water partition coefficient (Wildman–Crippen LogP) is 0.0682. The van der Waals surface area contributed by atoms with Gasteiger partial charge in [0.1, 0.15) is 5.15 Å². The normalized spacial score (nSPS) is 9.82. The third-order valence-corrected chi connectivity index (χ3v) is 1.61. The van der Waals surface area contributed by atoms with E-state index < -0.39 is 7.12 Å². The highest BCUT2D eigenvalue weighted by Gasteiger charge is 2.17. The molecule has 0 aliphatic heterocycles. The van der Waals surface area contributed by atoms with Crippen molar-refractivity contribution in [3.63, 3.8) is 0 Å². The molecule has 1 rings (SSSR count). The summed E-state index contributed by atoms with van der Waals surface area (Å²) >= 11 is 11.0. The van der Waals surface area contributed by atoms with E-state index in [1.807, 2.05) is 0 Å². The Hall–Kier alpha value is -0.285. The highest BCUT2D eigenvalue weighted by atomic mass is 35.5. The lowest BCUT2D eigenvalue weighted by molar-refractivity contribution is 0.424. The van der Waals surface area contributed by atoms with Crippen molar-refractivity contribution in [2.24, 2.45) is 0 Å². The lowest BCUT2D eigenvalue weighted by Gasteiger charge is -2.00.